The summed E-state index contributed by atoms with van der Waals surface area (Å²) in [6.07, 6.45) is 0. The summed E-state index contributed by atoms with van der Waals surface area (Å²) < 4.78 is 13.4. The second kappa shape index (κ2) is 5.67. The highest BCUT2D eigenvalue weighted by molar-refractivity contribution is 6.31. The molecular weight excluding hydrogens is 266 g/mol. The van der Waals surface area contributed by atoms with Crippen molar-refractivity contribution in [2.24, 2.45) is 0 Å². The van der Waals surface area contributed by atoms with Crippen LogP contribution in [-0.2, 0) is 0 Å². The third-order valence-corrected chi connectivity index (χ3v) is 3.02. The van der Waals surface area contributed by atoms with E-state index in [1.54, 1.807) is 11.9 Å². The molecule has 0 spiro atoms. The van der Waals surface area contributed by atoms with Crippen molar-refractivity contribution in [2.75, 3.05) is 20.1 Å². The Hall–Kier alpha value is -0.840. The van der Waals surface area contributed by atoms with E-state index >= 15 is 0 Å². The van der Waals surface area contributed by atoms with Crippen LogP contribution in [0.5, 0.6) is 0 Å². The second-order valence-corrected chi connectivity index (χ2v) is 4.29. The summed E-state index contributed by atoms with van der Waals surface area (Å²) in [7, 11) is 1.67. The third kappa shape index (κ3) is 2.89. The van der Waals surface area contributed by atoms with E-state index in [-0.39, 0.29) is 29.9 Å². The van der Waals surface area contributed by atoms with Crippen LogP contribution in [0.25, 0.3) is 0 Å². The molecule has 1 saturated heterocycles. The average Bonchev–Trinajstić information content (AvgIpc) is 2.18. The van der Waals surface area contributed by atoms with E-state index < -0.39 is 5.82 Å². The number of rotatable bonds is 2. The van der Waals surface area contributed by atoms with Gasteiger partial charge >= 0.3 is 0 Å². The molecule has 0 atom stereocenters. The van der Waals surface area contributed by atoms with E-state index in [1.807, 2.05) is 0 Å². The Morgan fingerprint density at radius 3 is 2.71 bits per heavy atom. The summed E-state index contributed by atoms with van der Waals surface area (Å²) in [5, 5.41) is 3.43. The quantitative estimate of drug-likeness (QED) is 0.897. The van der Waals surface area contributed by atoms with Gasteiger partial charge in [0.05, 0.1) is 11.6 Å². The standard InChI is InChI=1S/C11H12ClFN2O.ClH/c1-15(8-5-14-6-8)11(16)9-4-7(12)2-3-10(9)13;/h2-4,8,14H,5-6H2,1H3;1H. The van der Waals surface area contributed by atoms with Crippen LogP contribution < -0.4 is 5.32 Å². The van der Waals surface area contributed by atoms with Crippen LogP contribution in [-0.4, -0.2) is 37.0 Å². The average molecular weight is 279 g/mol. The molecule has 3 nitrogen and oxygen atoms in total. The molecule has 17 heavy (non-hydrogen) atoms. The molecule has 0 bridgehead atoms. The van der Waals surface area contributed by atoms with Gasteiger partial charge in [-0.1, -0.05) is 11.6 Å². The zero-order valence-corrected chi connectivity index (χ0v) is 10.8. The van der Waals surface area contributed by atoms with Gasteiger partial charge in [-0.15, -0.1) is 12.4 Å². The van der Waals surface area contributed by atoms with Crippen LogP contribution in [0, 0.1) is 5.82 Å². The summed E-state index contributed by atoms with van der Waals surface area (Å²) in [6, 6.07) is 4.15. The highest BCUT2D eigenvalue weighted by Gasteiger charge is 2.27. The van der Waals surface area contributed by atoms with Crippen LogP contribution in [0.1, 0.15) is 10.4 Å². The molecule has 6 heteroatoms. The van der Waals surface area contributed by atoms with Gasteiger partial charge < -0.3 is 10.2 Å². The van der Waals surface area contributed by atoms with Crippen molar-refractivity contribution < 1.29 is 9.18 Å². The van der Waals surface area contributed by atoms with Gasteiger partial charge in [-0.3, -0.25) is 4.79 Å². The summed E-state index contributed by atoms with van der Waals surface area (Å²) in [4.78, 5) is 13.5. The maximum Gasteiger partial charge on any atom is 0.256 e. The summed E-state index contributed by atoms with van der Waals surface area (Å²) in [5.41, 5.74) is 0.0295. The summed E-state index contributed by atoms with van der Waals surface area (Å²) in [6.45, 7) is 1.51. The van der Waals surface area contributed by atoms with Gasteiger partial charge in [-0.2, -0.15) is 0 Å². The maximum absolute atomic E-state index is 13.4. The van der Waals surface area contributed by atoms with Gasteiger partial charge in [-0.25, -0.2) is 4.39 Å². The number of benzene rings is 1. The van der Waals surface area contributed by atoms with Crippen molar-refractivity contribution in [1.82, 2.24) is 10.2 Å². The number of hydrogen-bond donors (Lipinski definition) is 1. The monoisotopic (exact) mass is 278 g/mol. The van der Waals surface area contributed by atoms with E-state index in [0.717, 1.165) is 13.1 Å². The Labute approximate surface area is 110 Å². The molecule has 1 aliphatic rings. The number of nitrogens with one attached hydrogen (secondary N) is 1. The van der Waals surface area contributed by atoms with Crippen LogP contribution in [0.2, 0.25) is 5.02 Å². The van der Waals surface area contributed by atoms with Crippen molar-refractivity contribution in [3.05, 3.63) is 34.6 Å². The molecule has 1 heterocycles. The number of carbonyl (C=O) groups excluding carboxylic acids is 1. The van der Waals surface area contributed by atoms with E-state index in [0.29, 0.717) is 5.02 Å². The minimum absolute atomic E-state index is 0. The van der Waals surface area contributed by atoms with Crippen molar-refractivity contribution in [3.63, 3.8) is 0 Å². The molecule has 1 fully saturated rings. The van der Waals surface area contributed by atoms with Gasteiger partial charge in [0.15, 0.2) is 0 Å². The second-order valence-electron chi connectivity index (χ2n) is 3.85. The zero-order chi connectivity index (χ0) is 11.7. The predicted octanol–water partition coefficient (Wildman–Crippen LogP) is 1.94. The number of halogens is 3. The van der Waals surface area contributed by atoms with Crippen LogP contribution in [0.3, 0.4) is 0 Å². The maximum atomic E-state index is 13.4. The highest BCUT2D eigenvalue weighted by atomic mass is 35.5. The van der Waals surface area contributed by atoms with Crippen molar-refractivity contribution in [1.29, 1.82) is 0 Å². The van der Waals surface area contributed by atoms with E-state index in [2.05, 4.69) is 5.32 Å². The van der Waals surface area contributed by atoms with Crippen molar-refractivity contribution >= 4 is 29.9 Å². The lowest BCUT2D eigenvalue weighted by molar-refractivity contribution is 0.0676. The van der Waals surface area contributed by atoms with Gasteiger partial charge in [0.1, 0.15) is 5.82 Å². The molecule has 1 aliphatic heterocycles. The minimum Gasteiger partial charge on any atom is -0.336 e. The largest absolute Gasteiger partial charge is 0.336 e. The van der Waals surface area contributed by atoms with Crippen molar-refractivity contribution in [3.8, 4) is 0 Å². The molecule has 0 radical (unpaired) electrons. The third-order valence-electron chi connectivity index (χ3n) is 2.79. The molecule has 0 aliphatic carbocycles. The first kappa shape index (κ1) is 14.2. The SMILES string of the molecule is CN(C(=O)c1cc(Cl)ccc1F)C1CNC1.Cl. The van der Waals surface area contributed by atoms with Gasteiger partial charge in [0.2, 0.25) is 0 Å². The number of carbonyl (C=O) groups is 1. The van der Waals surface area contributed by atoms with Gasteiger partial charge in [-0.05, 0) is 18.2 Å². The lowest BCUT2D eigenvalue weighted by atomic mass is 10.1. The van der Waals surface area contributed by atoms with E-state index in [9.17, 15) is 9.18 Å². The Morgan fingerprint density at radius 1 is 1.53 bits per heavy atom. The molecule has 1 aromatic carbocycles. The normalized spacial score (nSPS) is 14.8. The number of likely N-dealkylation sites (N-methyl/N-ethyl adjacent to an activating group) is 1. The van der Waals surface area contributed by atoms with E-state index in [1.165, 1.54) is 18.2 Å². The molecule has 0 saturated carbocycles. The number of nitrogens with zero attached hydrogens (tertiary/aromatic N) is 1. The Bertz CT molecular complexity index is 424. The Balaban J connectivity index is 0.00000144. The lowest BCUT2D eigenvalue weighted by Crippen LogP contribution is -2.57. The molecule has 2 rings (SSSR count). The fraction of sp³-hybridized carbons (Fsp3) is 0.364. The molecule has 94 valence electrons. The predicted molar refractivity (Wildman–Crippen MR) is 67.4 cm³/mol. The molecule has 0 aromatic heterocycles. The Kier molecular flexibility index (Phi) is 4.74. The van der Waals surface area contributed by atoms with Gasteiger partial charge in [0.25, 0.3) is 5.91 Å². The van der Waals surface area contributed by atoms with E-state index in [4.69, 9.17) is 11.6 Å². The first-order chi connectivity index (χ1) is 7.59. The molecule has 1 N–H and O–H groups in total. The topological polar surface area (TPSA) is 32.3 Å². The van der Waals surface area contributed by atoms with Gasteiger partial charge in [0, 0.05) is 25.2 Å². The first-order valence-electron chi connectivity index (χ1n) is 5.02. The number of amides is 1. The molecule has 0 unspecified atom stereocenters. The smallest absolute Gasteiger partial charge is 0.256 e. The fourth-order valence-corrected chi connectivity index (χ4v) is 1.74. The lowest BCUT2D eigenvalue weighted by Gasteiger charge is -2.35. The molecular formula is C11H13Cl2FN2O. The Morgan fingerprint density at radius 2 is 2.18 bits per heavy atom. The summed E-state index contributed by atoms with van der Waals surface area (Å²) in [5.74, 6) is -0.861. The zero-order valence-electron chi connectivity index (χ0n) is 9.24. The fourth-order valence-electron chi connectivity index (χ4n) is 1.56. The summed E-state index contributed by atoms with van der Waals surface area (Å²) >= 11 is 5.74. The highest BCUT2D eigenvalue weighted by Crippen LogP contribution is 2.17. The van der Waals surface area contributed by atoms with Crippen LogP contribution >= 0.6 is 24.0 Å². The first-order valence-corrected chi connectivity index (χ1v) is 5.40. The number of hydrogen-bond acceptors (Lipinski definition) is 2. The van der Waals surface area contributed by atoms with Crippen molar-refractivity contribution in [2.45, 2.75) is 6.04 Å². The molecule has 1 amide bonds. The molecule has 1 aromatic rings. The van der Waals surface area contributed by atoms with Crippen LogP contribution in [0.15, 0.2) is 18.2 Å². The minimum atomic E-state index is -0.534. The van der Waals surface area contributed by atoms with Crippen LogP contribution in [0.4, 0.5) is 4.39 Å².